The standard InChI is InChI=1S/C27H28N2O5/c1-16-12-22-25(26-24(16)17(2)15-33-26)18(3)21(27(31)34-22)13-23(30)28-20-6-4-19(5-7-20)14-29-8-10-32-11-9-29/h4-7,12,15H,8-11,13-14H2,1-3H3,(H,28,30). The van der Waals surface area contributed by atoms with Crippen molar-refractivity contribution in [3.63, 3.8) is 0 Å². The molecule has 2 aromatic heterocycles. The third-order valence-electron chi connectivity index (χ3n) is 6.55. The molecule has 34 heavy (non-hydrogen) atoms. The van der Waals surface area contributed by atoms with Crippen LogP contribution >= 0.6 is 0 Å². The Bertz CT molecular complexity index is 1430. The molecule has 4 aromatic rings. The van der Waals surface area contributed by atoms with Crippen LogP contribution in [0.25, 0.3) is 21.9 Å². The van der Waals surface area contributed by atoms with Gasteiger partial charge in [-0.05, 0) is 61.2 Å². The number of anilines is 1. The number of carbonyl (C=O) groups excluding carboxylic acids is 1. The zero-order chi connectivity index (χ0) is 23.8. The zero-order valence-electron chi connectivity index (χ0n) is 19.7. The normalized spacial score (nSPS) is 14.7. The van der Waals surface area contributed by atoms with E-state index in [0.717, 1.165) is 54.7 Å². The van der Waals surface area contributed by atoms with Crippen molar-refractivity contribution < 1.29 is 18.4 Å². The fourth-order valence-electron chi connectivity index (χ4n) is 4.75. The largest absolute Gasteiger partial charge is 0.463 e. The molecule has 0 saturated carbocycles. The monoisotopic (exact) mass is 460 g/mol. The predicted molar refractivity (Wildman–Crippen MR) is 131 cm³/mol. The summed E-state index contributed by atoms with van der Waals surface area (Å²) in [6.45, 7) is 10.0. The summed E-state index contributed by atoms with van der Waals surface area (Å²) >= 11 is 0. The fraction of sp³-hybridized carbons (Fsp3) is 0.333. The highest BCUT2D eigenvalue weighted by Crippen LogP contribution is 2.34. The van der Waals surface area contributed by atoms with Crippen LogP contribution < -0.4 is 10.9 Å². The molecule has 0 aliphatic carbocycles. The number of morpholine rings is 1. The smallest absolute Gasteiger partial charge is 0.340 e. The van der Waals surface area contributed by atoms with Gasteiger partial charge in [0.05, 0.1) is 36.8 Å². The van der Waals surface area contributed by atoms with Gasteiger partial charge >= 0.3 is 5.63 Å². The van der Waals surface area contributed by atoms with E-state index < -0.39 is 5.63 Å². The molecular weight excluding hydrogens is 432 g/mol. The number of nitrogens with zero attached hydrogens (tertiary/aromatic N) is 1. The molecule has 5 rings (SSSR count). The summed E-state index contributed by atoms with van der Waals surface area (Å²) in [5.74, 6) is -0.269. The van der Waals surface area contributed by atoms with Crippen LogP contribution in [-0.4, -0.2) is 37.1 Å². The predicted octanol–water partition coefficient (Wildman–Crippen LogP) is 4.48. The van der Waals surface area contributed by atoms with Crippen molar-refractivity contribution in [3.8, 4) is 0 Å². The molecule has 1 aliphatic heterocycles. The first-order chi connectivity index (χ1) is 16.4. The average Bonchev–Trinajstić information content (AvgIpc) is 3.20. The first-order valence-electron chi connectivity index (χ1n) is 11.5. The minimum absolute atomic E-state index is 0.0747. The van der Waals surface area contributed by atoms with Crippen molar-refractivity contribution in [2.24, 2.45) is 0 Å². The van der Waals surface area contributed by atoms with E-state index in [4.69, 9.17) is 13.6 Å². The Labute approximate surface area is 197 Å². The second kappa shape index (κ2) is 9.08. The van der Waals surface area contributed by atoms with Gasteiger partial charge in [-0.2, -0.15) is 0 Å². The first-order valence-corrected chi connectivity index (χ1v) is 11.5. The first kappa shape index (κ1) is 22.4. The Morgan fingerprint density at radius 1 is 1.03 bits per heavy atom. The van der Waals surface area contributed by atoms with Crippen LogP contribution in [0.2, 0.25) is 0 Å². The van der Waals surface area contributed by atoms with Gasteiger partial charge in [-0.15, -0.1) is 0 Å². The number of ether oxygens (including phenoxy) is 1. The third-order valence-corrected chi connectivity index (χ3v) is 6.55. The lowest BCUT2D eigenvalue weighted by atomic mass is 9.98. The molecule has 0 radical (unpaired) electrons. The number of amides is 1. The molecule has 1 N–H and O–H groups in total. The highest BCUT2D eigenvalue weighted by molar-refractivity contribution is 6.07. The minimum Gasteiger partial charge on any atom is -0.463 e. The number of fused-ring (bicyclic) bond motifs is 3. The molecule has 7 heteroatoms. The molecule has 1 amide bonds. The van der Waals surface area contributed by atoms with E-state index in [1.807, 2.05) is 51.1 Å². The van der Waals surface area contributed by atoms with Crippen molar-refractivity contribution in [1.82, 2.24) is 4.90 Å². The molecule has 3 heterocycles. The molecule has 0 bridgehead atoms. The summed E-state index contributed by atoms with van der Waals surface area (Å²) in [6.07, 6.45) is 1.63. The van der Waals surface area contributed by atoms with E-state index in [-0.39, 0.29) is 12.3 Å². The summed E-state index contributed by atoms with van der Waals surface area (Å²) < 4.78 is 16.8. The number of benzene rings is 2. The van der Waals surface area contributed by atoms with Gasteiger partial charge in [0, 0.05) is 30.7 Å². The minimum atomic E-state index is -0.497. The van der Waals surface area contributed by atoms with Crippen LogP contribution in [0.3, 0.4) is 0 Å². The Balaban J connectivity index is 1.35. The highest BCUT2D eigenvalue weighted by Gasteiger charge is 2.20. The van der Waals surface area contributed by atoms with E-state index in [1.54, 1.807) is 6.26 Å². The Morgan fingerprint density at radius 2 is 1.76 bits per heavy atom. The van der Waals surface area contributed by atoms with Gasteiger partial charge in [-0.25, -0.2) is 4.79 Å². The number of aryl methyl sites for hydroxylation is 3. The van der Waals surface area contributed by atoms with Crippen molar-refractivity contribution in [1.29, 1.82) is 0 Å². The van der Waals surface area contributed by atoms with E-state index in [9.17, 15) is 9.59 Å². The number of rotatable bonds is 5. The lowest BCUT2D eigenvalue weighted by Gasteiger charge is -2.26. The number of carbonyl (C=O) groups is 1. The van der Waals surface area contributed by atoms with Gasteiger partial charge < -0.3 is 18.9 Å². The van der Waals surface area contributed by atoms with Gasteiger partial charge in [-0.3, -0.25) is 9.69 Å². The summed E-state index contributed by atoms with van der Waals surface area (Å²) in [5, 5.41) is 4.65. The molecule has 176 valence electrons. The molecule has 0 unspecified atom stereocenters. The number of furan rings is 1. The van der Waals surface area contributed by atoms with Gasteiger partial charge in [0.15, 0.2) is 0 Å². The number of nitrogens with one attached hydrogen (secondary N) is 1. The summed E-state index contributed by atoms with van der Waals surface area (Å²) in [5.41, 5.74) is 5.60. The maximum Gasteiger partial charge on any atom is 0.340 e. The van der Waals surface area contributed by atoms with E-state index in [1.165, 1.54) is 5.56 Å². The maximum atomic E-state index is 12.8. The van der Waals surface area contributed by atoms with Crippen LogP contribution in [0, 0.1) is 20.8 Å². The Kier molecular flexibility index (Phi) is 5.98. The lowest BCUT2D eigenvalue weighted by molar-refractivity contribution is -0.115. The van der Waals surface area contributed by atoms with Gasteiger partial charge in [-0.1, -0.05) is 12.1 Å². The second-order valence-electron chi connectivity index (χ2n) is 8.99. The molecule has 1 fully saturated rings. The van der Waals surface area contributed by atoms with Gasteiger partial charge in [0.1, 0.15) is 11.2 Å². The topological polar surface area (TPSA) is 84.9 Å². The van der Waals surface area contributed by atoms with Crippen LogP contribution in [0.4, 0.5) is 5.69 Å². The second-order valence-corrected chi connectivity index (χ2v) is 8.99. The number of hydrogen-bond acceptors (Lipinski definition) is 6. The van der Waals surface area contributed by atoms with Crippen molar-refractivity contribution in [3.05, 3.63) is 74.8 Å². The molecule has 1 aliphatic rings. The molecule has 0 atom stereocenters. The van der Waals surface area contributed by atoms with Crippen molar-refractivity contribution >= 4 is 33.5 Å². The van der Waals surface area contributed by atoms with Crippen LogP contribution in [-0.2, 0) is 22.5 Å². The SMILES string of the molecule is Cc1coc2c1c(C)cc1oc(=O)c(CC(=O)Nc3ccc(CN4CCOCC4)cc3)c(C)c12. The van der Waals surface area contributed by atoms with Gasteiger partial charge in [0.2, 0.25) is 5.91 Å². The molecule has 7 nitrogen and oxygen atoms in total. The van der Waals surface area contributed by atoms with Crippen molar-refractivity contribution in [2.45, 2.75) is 33.7 Å². The summed E-state index contributed by atoms with van der Waals surface area (Å²) in [6, 6.07) is 9.66. The lowest BCUT2D eigenvalue weighted by Crippen LogP contribution is -2.35. The molecule has 1 saturated heterocycles. The van der Waals surface area contributed by atoms with Crippen LogP contribution in [0.1, 0.15) is 27.8 Å². The quantitative estimate of drug-likeness (QED) is 0.442. The van der Waals surface area contributed by atoms with E-state index in [2.05, 4.69) is 10.2 Å². The summed E-state index contributed by atoms with van der Waals surface area (Å²) in [7, 11) is 0. The van der Waals surface area contributed by atoms with Crippen molar-refractivity contribution in [2.75, 3.05) is 31.6 Å². The molecule has 0 spiro atoms. The number of hydrogen-bond donors (Lipinski definition) is 1. The Hall–Kier alpha value is -3.42. The molecule has 2 aromatic carbocycles. The molecular formula is C27H28N2O5. The van der Waals surface area contributed by atoms with Crippen LogP contribution in [0.5, 0.6) is 0 Å². The van der Waals surface area contributed by atoms with E-state index in [0.29, 0.717) is 28.0 Å². The van der Waals surface area contributed by atoms with Gasteiger partial charge in [0.25, 0.3) is 0 Å². The highest BCUT2D eigenvalue weighted by atomic mass is 16.5. The maximum absolute atomic E-state index is 12.8. The average molecular weight is 461 g/mol. The third kappa shape index (κ3) is 4.24. The van der Waals surface area contributed by atoms with Crippen LogP contribution in [0.15, 0.2) is 50.2 Å². The summed E-state index contributed by atoms with van der Waals surface area (Å²) in [4.78, 5) is 27.9. The van der Waals surface area contributed by atoms with E-state index >= 15 is 0 Å². The fourth-order valence-corrected chi connectivity index (χ4v) is 4.75. The Morgan fingerprint density at radius 3 is 2.50 bits per heavy atom. The zero-order valence-corrected chi connectivity index (χ0v) is 19.7.